The lowest BCUT2D eigenvalue weighted by Crippen LogP contribution is -2.20. The van der Waals surface area contributed by atoms with Crippen LogP contribution < -0.4 is 10.6 Å². The molecule has 0 bridgehead atoms. The fourth-order valence-electron chi connectivity index (χ4n) is 2.00. The first-order chi connectivity index (χ1) is 9.61. The summed E-state index contributed by atoms with van der Waals surface area (Å²) in [6, 6.07) is 8.59. The van der Waals surface area contributed by atoms with Gasteiger partial charge in [0.1, 0.15) is 5.82 Å². The third kappa shape index (κ3) is 2.93. The van der Waals surface area contributed by atoms with E-state index in [1.807, 2.05) is 13.1 Å². The van der Waals surface area contributed by atoms with Crippen LogP contribution in [0, 0.1) is 0 Å². The van der Waals surface area contributed by atoms with Crippen molar-refractivity contribution in [2.75, 3.05) is 10.6 Å². The SMILES string of the molecule is Cn1nc(C2CC2)cc1NC(=O)Nc1ccc(Cl)cc1. The lowest BCUT2D eigenvalue weighted by molar-refractivity contribution is 0.262. The molecule has 0 spiro atoms. The quantitative estimate of drug-likeness (QED) is 0.907. The van der Waals surface area contributed by atoms with Gasteiger partial charge in [0.2, 0.25) is 0 Å². The topological polar surface area (TPSA) is 59.0 Å². The molecule has 2 N–H and O–H groups in total. The van der Waals surface area contributed by atoms with Gasteiger partial charge in [0, 0.05) is 29.7 Å². The number of rotatable bonds is 3. The number of urea groups is 1. The molecule has 0 atom stereocenters. The zero-order valence-electron chi connectivity index (χ0n) is 11.1. The molecule has 1 aliphatic carbocycles. The van der Waals surface area contributed by atoms with Crippen molar-refractivity contribution in [1.29, 1.82) is 0 Å². The minimum Gasteiger partial charge on any atom is -0.308 e. The Labute approximate surface area is 121 Å². The Bertz CT molecular complexity index is 631. The molecule has 2 amide bonds. The lowest BCUT2D eigenvalue weighted by atomic mass is 10.3. The van der Waals surface area contributed by atoms with Crippen LogP contribution in [-0.4, -0.2) is 15.8 Å². The molecule has 1 aromatic carbocycles. The number of carbonyl (C=O) groups excluding carboxylic acids is 1. The van der Waals surface area contributed by atoms with Gasteiger partial charge in [-0.2, -0.15) is 5.10 Å². The number of nitrogens with zero attached hydrogens (tertiary/aromatic N) is 2. The zero-order valence-corrected chi connectivity index (χ0v) is 11.8. The molecule has 1 aliphatic rings. The molecule has 104 valence electrons. The van der Waals surface area contributed by atoms with Gasteiger partial charge in [-0.15, -0.1) is 0 Å². The Morgan fingerprint density at radius 2 is 2.00 bits per heavy atom. The van der Waals surface area contributed by atoms with Gasteiger partial charge >= 0.3 is 6.03 Å². The summed E-state index contributed by atoms with van der Waals surface area (Å²) in [6.07, 6.45) is 2.38. The Hall–Kier alpha value is -2.01. The van der Waals surface area contributed by atoms with Crippen LogP contribution in [0.2, 0.25) is 5.02 Å². The maximum absolute atomic E-state index is 11.9. The van der Waals surface area contributed by atoms with E-state index in [0.29, 0.717) is 22.4 Å². The summed E-state index contributed by atoms with van der Waals surface area (Å²) in [5, 5.41) is 10.6. The van der Waals surface area contributed by atoms with Gasteiger partial charge in [-0.3, -0.25) is 10.00 Å². The van der Waals surface area contributed by atoms with E-state index in [2.05, 4.69) is 15.7 Å². The fraction of sp³-hybridized carbons (Fsp3) is 0.286. The lowest BCUT2D eigenvalue weighted by Gasteiger charge is -2.07. The van der Waals surface area contributed by atoms with Crippen LogP contribution in [0.25, 0.3) is 0 Å². The highest BCUT2D eigenvalue weighted by atomic mass is 35.5. The maximum atomic E-state index is 11.9. The molecule has 1 saturated carbocycles. The van der Waals surface area contributed by atoms with E-state index in [9.17, 15) is 4.79 Å². The van der Waals surface area contributed by atoms with Crippen molar-refractivity contribution in [2.45, 2.75) is 18.8 Å². The first-order valence-electron chi connectivity index (χ1n) is 6.49. The molecule has 1 fully saturated rings. The molecule has 2 aromatic rings. The first-order valence-corrected chi connectivity index (χ1v) is 6.87. The Morgan fingerprint density at radius 1 is 1.30 bits per heavy atom. The Balaban J connectivity index is 1.64. The van der Waals surface area contributed by atoms with Gasteiger partial charge in [-0.05, 0) is 37.1 Å². The van der Waals surface area contributed by atoms with Crippen LogP contribution in [0.15, 0.2) is 30.3 Å². The van der Waals surface area contributed by atoms with Gasteiger partial charge in [0.25, 0.3) is 0 Å². The highest BCUT2D eigenvalue weighted by Crippen LogP contribution is 2.39. The molecule has 0 aliphatic heterocycles. The molecule has 0 saturated heterocycles. The van der Waals surface area contributed by atoms with Crippen LogP contribution in [0.5, 0.6) is 0 Å². The van der Waals surface area contributed by atoms with E-state index in [-0.39, 0.29) is 6.03 Å². The third-order valence-electron chi connectivity index (χ3n) is 3.24. The predicted molar refractivity (Wildman–Crippen MR) is 79.3 cm³/mol. The number of hydrogen-bond acceptors (Lipinski definition) is 2. The number of hydrogen-bond donors (Lipinski definition) is 2. The number of halogens is 1. The van der Waals surface area contributed by atoms with Crippen LogP contribution in [0.3, 0.4) is 0 Å². The van der Waals surface area contributed by atoms with E-state index >= 15 is 0 Å². The fourth-order valence-corrected chi connectivity index (χ4v) is 2.12. The Morgan fingerprint density at radius 3 is 2.65 bits per heavy atom. The van der Waals surface area contributed by atoms with Gasteiger partial charge in [-0.25, -0.2) is 4.79 Å². The van der Waals surface area contributed by atoms with Crippen molar-refractivity contribution < 1.29 is 4.79 Å². The predicted octanol–water partition coefficient (Wildman–Crippen LogP) is 3.59. The minimum atomic E-state index is -0.294. The molecular weight excluding hydrogens is 276 g/mol. The van der Waals surface area contributed by atoms with Crippen LogP contribution >= 0.6 is 11.6 Å². The molecular formula is C14H15ClN4O. The number of nitrogens with one attached hydrogen (secondary N) is 2. The number of aryl methyl sites for hydroxylation is 1. The smallest absolute Gasteiger partial charge is 0.308 e. The van der Waals surface area contributed by atoms with Crippen molar-refractivity contribution in [3.8, 4) is 0 Å². The van der Waals surface area contributed by atoms with Crippen LogP contribution in [-0.2, 0) is 7.05 Å². The molecule has 0 radical (unpaired) electrons. The summed E-state index contributed by atoms with van der Waals surface area (Å²) >= 11 is 5.80. The second-order valence-corrected chi connectivity index (χ2v) is 5.37. The monoisotopic (exact) mass is 290 g/mol. The van der Waals surface area contributed by atoms with E-state index < -0.39 is 0 Å². The van der Waals surface area contributed by atoms with Crippen molar-refractivity contribution in [1.82, 2.24) is 9.78 Å². The summed E-state index contributed by atoms with van der Waals surface area (Å²) < 4.78 is 1.69. The number of aromatic nitrogens is 2. The standard InChI is InChI=1S/C14H15ClN4O/c1-19-13(8-12(18-19)9-2-3-9)17-14(20)16-11-6-4-10(15)5-7-11/h4-9H,2-3H2,1H3,(H2,16,17,20). The third-order valence-corrected chi connectivity index (χ3v) is 3.49. The van der Waals surface area contributed by atoms with E-state index in [1.165, 1.54) is 12.8 Å². The average molecular weight is 291 g/mol. The van der Waals surface area contributed by atoms with Crippen molar-refractivity contribution in [3.05, 3.63) is 41.0 Å². The minimum absolute atomic E-state index is 0.294. The largest absolute Gasteiger partial charge is 0.324 e. The molecule has 1 heterocycles. The van der Waals surface area contributed by atoms with Gasteiger partial charge < -0.3 is 5.32 Å². The van der Waals surface area contributed by atoms with Gasteiger partial charge in [-0.1, -0.05) is 11.6 Å². The molecule has 1 aromatic heterocycles. The second kappa shape index (κ2) is 5.17. The van der Waals surface area contributed by atoms with Crippen LogP contribution in [0.4, 0.5) is 16.3 Å². The van der Waals surface area contributed by atoms with Crippen molar-refractivity contribution in [3.63, 3.8) is 0 Å². The molecule has 0 unspecified atom stereocenters. The summed E-state index contributed by atoms with van der Waals surface area (Å²) in [7, 11) is 1.82. The first kappa shape index (κ1) is 13.0. The van der Waals surface area contributed by atoms with Crippen molar-refractivity contribution >= 4 is 29.1 Å². The van der Waals surface area contributed by atoms with Gasteiger partial charge in [0.15, 0.2) is 0 Å². The molecule has 5 nitrogen and oxygen atoms in total. The summed E-state index contributed by atoms with van der Waals surface area (Å²) in [5.74, 6) is 1.26. The van der Waals surface area contributed by atoms with E-state index in [0.717, 1.165) is 5.69 Å². The highest BCUT2D eigenvalue weighted by Gasteiger charge is 2.27. The maximum Gasteiger partial charge on any atom is 0.324 e. The van der Waals surface area contributed by atoms with E-state index in [1.54, 1.807) is 28.9 Å². The second-order valence-electron chi connectivity index (χ2n) is 4.94. The number of anilines is 2. The van der Waals surface area contributed by atoms with Crippen molar-refractivity contribution in [2.24, 2.45) is 7.05 Å². The normalized spacial score (nSPS) is 14.1. The molecule has 3 rings (SSSR count). The van der Waals surface area contributed by atoms with Crippen LogP contribution in [0.1, 0.15) is 24.5 Å². The summed E-state index contributed by atoms with van der Waals surface area (Å²) in [6.45, 7) is 0. The molecule has 20 heavy (non-hydrogen) atoms. The average Bonchev–Trinajstić information content (AvgIpc) is 3.19. The Kier molecular flexibility index (Phi) is 3.36. The number of carbonyl (C=O) groups is 1. The molecule has 6 heteroatoms. The van der Waals surface area contributed by atoms with E-state index in [4.69, 9.17) is 11.6 Å². The number of amides is 2. The highest BCUT2D eigenvalue weighted by molar-refractivity contribution is 6.30. The summed E-state index contributed by atoms with van der Waals surface area (Å²) in [4.78, 5) is 11.9. The van der Waals surface area contributed by atoms with Gasteiger partial charge in [0.05, 0.1) is 5.69 Å². The number of benzene rings is 1. The zero-order chi connectivity index (χ0) is 14.1. The summed E-state index contributed by atoms with van der Waals surface area (Å²) in [5.41, 5.74) is 1.74.